The minimum atomic E-state index is -4.92. The number of hydrogen-bond donors (Lipinski definition) is 0. The maximum absolute atomic E-state index is 13.0. The second-order valence-corrected chi connectivity index (χ2v) is 4.40. The zero-order valence-corrected chi connectivity index (χ0v) is 11.1. The Bertz CT molecular complexity index is 655. The van der Waals surface area contributed by atoms with E-state index in [1.807, 2.05) is 0 Å². The second-order valence-electron chi connectivity index (χ2n) is 4.40. The van der Waals surface area contributed by atoms with Gasteiger partial charge in [-0.1, -0.05) is 12.1 Å². The predicted octanol–water partition coefficient (Wildman–Crippen LogP) is 5.20. The summed E-state index contributed by atoms with van der Waals surface area (Å²) < 4.78 is 81.7. The first kappa shape index (κ1) is 16.2. The summed E-state index contributed by atoms with van der Waals surface area (Å²) in [4.78, 5) is 0. The smallest absolute Gasteiger partial charge is 0.417 e. The van der Waals surface area contributed by atoms with Crippen LogP contribution < -0.4 is 4.74 Å². The Labute approximate surface area is 122 Å². The number of benzene rings is 2. The van der Waals surface area contributed by atoms with Crippen LogP contribution in [-0.2, 0) is 12.4 Å². The Kier molecular flexibility index (Phi) is 4.08. The average molecular weight is 319 g/mol. The number of alkyl halides is 6. The molecule has 0 bridgehead atoms. The molecule has 0 saturated carbocycles. The monoisotopic (exact) mass is 319 g/mol. The molecule has 2 aromatic rings. The summed E-state index contributed by atoms with van der Waals surface area (Å²) in [6, 6.07) is 8.18. The number of hydrogen-bond acceptors (Lipinski definition) is 1. The molecule has 117 valence electrons. The van der Waals surface area contributed by atoms with E-state index in [1.54, 1.807) is 0 Å². The van der Waals surface area contributed by atoms with Gasteiger partial charge in [-0.25, -0.2) is 0 Å². The molecule has 0 aromatic heterocycles. The van der Waals surface area contributed by atoms with Gasteiger partial charge in [0.05, 0.1) is 18.2 Å². The average Bonchev–Trinajstić information content (AvgIpc) is 2.45. The van der Waals surface area contributed by atoms with E-state index in [-0.39, 0.29) is 11.6 Å². The van der Waals surface area contributed by atoms with Crippen LogP contribution in [0.1, 0.15) is 11.1 Å². The minimum absolute atomic E-state index is 0.0933. The number of methoxy groups -OCH3 is 1. The first-order valence-corrected chi connectivity index (χ1v) is 5.97. The van der Waals surface area contributed by atoms with Gasteiger partial charge in [-0.3, -0.25) is 0 Å². The Balaban J connectivity index is 2.59. The first-order chi connectivity index (χ1) is 10.1. The van der Waals surface area contributed by atoms with Gasteiger partial charge in [0, 0.05) is 5.56 Å². The zero-order chi connectivity index (χ0) is 16.5. The molecule has 0 saturated heterocycles. The standard InChI is InChI=1S/C15H9F6O/c1-22-11-5-2-9(3-6-11)12-7-4-10(14(16,17)18)8-13(12)15(19,20)21/h2-6,8H,1H3. The van der Waals surface area contributed by atoms with Crippen molar-refractivity contribution in [1.82, 2.24) is 0 Å². The predicted molar refractivity (Wildman–Crippen MR) is 67.3 cm³/mol. The van der Waals surface area contributed by atoms with Gasteiger partial charge in [-0.05, 0) is 35.9 Å². The fourth-order valence-electron chi connectivity index (χ4n) is 1.88. The highest BCUT2D eigenvalue weighted by molar-refractivity contribution is 5.68. The van der Waals surface area contributed by atoms with Crippen molar-refractivity contribution in [1.29, 1.82) is 0 Å². The van der Waals surface area contributed by atoms with Gasteiger partial charge in [0.15, 0.2) is 0 Å². The SMILES string of the molecule is COc1ccc(-c2[c]cc(C(F)(F)F)cc2C(F)(F)F)cc1. The third-order valence-electron chi connectivity index (χ3n) is 2.95. The number of halogens is 6. The lowest BCUT2D eigenvalue weighted by Crippen LogP contribution is -2.12. The van der Waals surface area contributed by atoms with Crippen molar-refractivity contribution in [3.05, 3.63) is 53.6 Å². The van der Waals surface area contributed by atoms with Gasteiger partial charge >= 0.3 is 12.4 Å². The van der Waals surface area contributed by atoms with Gasteiger partial charge in [-0.15, -0.1) is 0 Å². The molecule has 2 rings (SSSR count). The molecule has 22 heavy (non-hydrogen) atoms. The summed E-state index contributed by atoms with van der Waals surface area (Å²) in [6.45, 7) is 0. The van der Waals surface area contributed by atoms with Gasteiger partial charge in [0.1, 0.15) is 5.75 Å². The summed E-state index contributed by atoms with van der Waals surface area (Å²) in [7, 11) is 1.39. The van der Waals surface area contributed by atoms with Gasteiger partial charge in [0.2, 0.25) is 0 Å². The number of ether oxygens (including phenoxy) is 1. The van der Waals surface area contributed by atoms with Crippen LogP contribution in [0.25, 0.3) is 11.1 Å². The molecule has 1 radical (unpaired) electrons. The Morgan fingerprint density at radius 1 is 0.909 bits per heavy atom. The lowest BCUT2D eigenvalue weighted by molar-refractivity contribution is -0.142. The zero-order valence-electron chi connectivity index (χ0n) is 11.1. The molecule has 0 heterocycles. The van der Waals surface area contributed by atoms with Crippen molar-refractivity contribution in [2.24, 2.45) is 0 Å². The second kappa shape index (κ2) is 5.55. The molecule has 0 aliphatic heterocycles. The molecule has 0 fully saturated rings. The molecule has 0 unspecified atom stereocenters. The highest BCUT2D eigenvalue weighted by atomic mass is 19.4. The molecule has 0 spiro atoms. The van der Waals surface area contributed by atoms with Gasteiger partial charge in [0.25, 0.3) is 0 Å². The van der Waals surface area contributed by atoms with Crippen molar-refractivity contribution in [2.45, 2.75) is 12.4 Å². The lowest BCUT2D eigenvalue weighted by Gasteiger charge is -2.16. The van der Waals surface area contributed by atoms with Gasteiger partial charge < -0.3 is 4.74 Å². The molecule has 0 N–H and O–H groups in total. The maximum Gasteiger partial charge on any atom is 0.417 e. The van der Waals surface area contributed by atoms with Crippen molar-refractivity contribution in [2.75, 3.05) is 7.11 Å². The fraction of sp³-hybridized carbons (Fsp3) is 0.200. The van der Waals surface area contributed by atoms with Crippen LogP contribution in [0.5, 0.6) is 5.75 Å². The molecule has 0 aliphatic carbocycles. The van der Waals surface area contributed by atoms with E-state index in [2.05, 4.69) is 6.07 Å². The third kappa shape index (κ3) is 3.35. The van der Waals surface area contributed by atoms with E-state index < -0.39 is 29.0 Å². The lowest BCUT2D eigenvalue weighted by atomic mass is 9.97. The number of rotatable bonds is 2. The normalized spacial score (nSPS) is 12.3. The molecule has 0 aliphatic rings. The highest BCUT2D eigenvalue weighted by Crippen LogP contribution is 2.40. The van der Waals surface area contributed by atoms with Crippen molar-refractivity contribution < 1.29 is 31.1 Å². The Morgan fingerprint density at radius 2 is 1.50 bits per heavy atom. The van der Waals surface area contributed by atoms with E-state index in [9.17, 15) is 26.3 Å². The summed E-state index contributed by atoms with van der Waals surface area (Å²) in [5.74, 6) is 0.421. The summed E-state index contributed by atoms with van der Waals surface area (Å²) in [5.41, 5.74) is -3.12. The molecular formula is C15H9F6O. The largest absolute Gasteiger partial charge is 0.497 e. The Hall–Kier alpha value is -2.18. The van der Waals surface area contributed by atoms with Crippen molar-refractivity contribution >= 4 is 0 Å². The highest BCUT2D eigenvalue weighted by Gasteiger charge is 2.38. The molecule has 0 amide bonds. The van der Waals surface area contributed by atoms with Crippen LogP contribution >= 0.6 is 0 Å². The Morgan fingerprint density at radius 3 is 1.95 bits per heavy atom. The van der Waals surface area contributed by atoms with E-state index in [4.69, 9.17) is 4.74 Å². The molecular weight excluding hydrogens is 310 g/mol. The van der Waals surface area contributed by atoms with Crippen molar-refractivity contribution in [3.8, 4) is 16.9 Å². The molecule has 1 nitrogen and oxygen atoms in total. The van der Waals surface area contributed by atoms with Crippen LogP contribution in [-0.4, -0.2) is 7.11 Å². The quantitative estimate of drug-likeness (QED) is 0.691. The summed E-state index contributed by atoms with van der Waals surface area (Å²) >= 11 is 0. The van der Waals surface area contributed by atoms with Crippen LogP contribution in [0.2, 0.25) is 0 Å². The first-order valence-electron chi connectivity index (χ1n) is 5.97. The topological polar surface area (TPSA) is 9.23 Å². The molecule has 0 atom stereocenters. The molecule has 2 aromatic carbocycles. The van der Waals surface area contributed by atoms with E-state index in [0.717, 1.165) is 0 Å². The summed E-state index contributed by atoms with van der Waals surface area (Å²) in [6.07, 6.45) is -9.79. The van der Waals surface area contributed by atoms with Crippen LogP contribution in [0.15, 0.2) is 36.4 Å². The summed E-state index contributed by atoms with van der Waals surface area (Å²) in [5, 5.41) is 0. The van der Waals surface area contributed by atoms with Crippen LogP contribution in [0.3, 0.4) is 0 Å². The molecule has 7 heteroatoms. The minimum Gasteiger partial charge on any atom is -0.497 e. The van der Waals surface area contributed by atoms with Crippen LogP contribution in [0, 0.1) is 6.07 Å². The van der Waals surface area contributed by atoms with E-state index in [0.29, 0.717) is 11.8 Å². The van der Waals surface area contributed by atoms with Crippen molar-refractivity contribution in [3.63, 3.8) is 0 Å². The maximum atomic E-state index is 13.0. The van der Waals surface area contributed by atoms with Gasteiger partial charge in [-0.2, -0.15) is 26.3 Å². The fourth-order valence-corrected chi connectivity index (χ4v) is 1.88. The third-order valence-corrected chi connectivity index (χ3v) is 2.95. The van der Waals surface area contributed by atoms with E-state index in [1.165, 1.54) is 31.4 Å². The van der Waals surface area contributed by atoms with Crippen LogP contribution in [0.4, 0.5) is 26.3 Å². The van der Waals surface area contributed by atoms with E-state index >= 15 is 0 Å².